The Morgan fingerprint density at radius 3 is 2.53 bits per heavy atom. The van der Waals surface area contributed by atoms with E-state index in [1.807, 2.05) is 0 Å². The number of rotatable bonds is 1. The van der Waals surface area contributed by atoms with Gasteiger partial charge < -0.3 is 10.1 Å². The van der Waals surface area contributed by atoms with E-state index >= 15 is 0 Å². The lowest BCUT2D eigenvalue weighted by atomic mass is 10.2. The minimum Gasteiger partial charge on any atom is -0.444 e. The summed E-state index contributed by atoms with van der Waals surface area (Å²) in [4.78, 5) is 24.3. The molecule has 1 fully saturated rings. The van der Waals surface area contributed by atoms with E-state index in [-0.39, 0.29) is 11.9 Å². The maximum atomic E-state index is 11.6. The molecule has 1 atom stereocenters. The van der Waals surface area contributed by atoms with Crippen LogP contribution in [0.15, 0.2) is 0 Å². The van der Waals surface area contributed by atoms with Gasteiger partial charge in [0.1, 0.15) is 11.6 Å². The number of likely N-dealkylation sites (N-methyl/N-ethyl adjacent to an activating group) is 1. The number of carbonyl (C=O) groups is 2. The Kier molecular flexibility index (Phi) is 3.21. The SMILES string of the molecule is CN(C(=O)OC(C)(C)C)C1CCNC1=O. The summed E-state index contributed by atoms with van der Waals surface area (Å²) in [5.74, 6) is -0.108. The van der Waals surface area contributed by atoms with Crippen LogP contribution in [0, 0.1) is 0 Å². The van der Waals surface area contributed by atoms with Gasteiger partial charge in [-0.1, -0.05) is 0 Å². The maximum Gasteiger partial charge on any atom is 0.410 e. The van der Waals surface area contributed by atoms with Gasteiger partial charge in [0.25, 0.3) is 0 Å². The van der Waals surface area contributed by atoms with Gasteiger partial charge in [-0.15, -0.1) is 0 Å². The molecule has 0 aromatic rings. The minimum absolute atomic E-state index is 0.108. The third-order valence-electron chi connectivity index (χ3n) is 2.17. The van der Waals surface area contributed by atoms with Crippen molar-refractivity contribution in [2.45, 2.75) is 38.8 Å². The molecule has 1 rings (SSSR count). The van der Waals surface area contributed by atoms with Crippen LogP contribution in [0.25, 0.3) is 0 Å². The minimum atomic E-state index is -0.527. The average Bonchev–Trinajstić information content (AvgIpc) is 2.47. The maximum absolute atomic E-state index is 11.6. The third-order valence-corrected chi connectivity index (χ3v) is 2.17. The van der Waals surface area contributed by atoms with Crippen molar-refractivity contribution in [3.63, 3.8) is 0 Å². The summed E-state index contributed by atoms with van der Waals surface area (Å²) in [7, 11) is 1.59. The molecule has 2 amide bonds. The van der Waals surface area contributed by atoms with E-state index in [2.05, 4.69) is 5.32 Å². The molecule has 0 radical (unpaired) electrons. The van der Waals surface area contributed by atoms with Crippen molar-refractivity contribution in [1.82, 2.24) is 10.2 Å². The molecular formula is C10H18N2O3. The van der Waals surface area contributed by atoms with Gasteiger partial charge in [-0.2, -0.15) is 0 Å². The van der Waals surface area contributed by atoms with Gasteiger partial charge in [0.2, 0.25) is 5.91 Å². The van der Waals surface area contributed by atoms with Crippen molar-refractivity contribution < 1.29 is 14.3 Å². The number of carbonyl (C=O) groups excluding carboxylic acids is 2. The van der Waals surface area contributed by atoms with Crippen LogP contribution in [-0.4, -0.2) is 42.1 Å². The number of amides is 2. The van der Waals surface area contributed by atoms with E-state index in [4.69, 9.17) is 4.74 Å². The highest BCUT2D eigenvalue weighted by Gasteiger charge is 2.33. The van der Waals surface area contributed by atoms with E-state index in [1.54, 1.807) is 27.8 Å². The first-order chi connectivity index (χ1) is 6.81. The van der Waals surface area contributed by atoms with Crippen molar-refractivity contribution in [2.24, 2.45) is 0 Å². The molecule has 5 heteroatoms. The fourth-order valence-corrected chi connectivity index (χ4v) is 1.41. The normalized spacial score (nSPS) is 21.1. The van der Waals surface area contributed by atoms with Crippen LogP contribution in [0.4, 0.5) is 4.79 Å². The molecular weight excluding hydrogens is 196 g/mol. The predicted octanol–water partition coefficient (Wildman–Crippen LogP) is 0.742. The van der Waals surface area contributed by atoms with E-state index in [0.717, 1.165) is 0 Å². The van der Waals surface area contributed by atoms with Crippen LogP contribution in [0.5, 0.6) is 0 Å². The second-order valence-electron chi connectivity index (χ2n) is 4.69. The van der Waals surface area contributed by atoms with Crippen LogP contribution in [-0.2, 0) is 9.53 Å². The molecule has 0 aliphatic carbocycles. The van der Waals surface area contributed by atoms with Crippen LogP contribution in [0.3, 0.4) is 0 Å². The van der Waals surface area contributed by atoms with Crippen LogP contribution >= 0.6 is 0 Å². The van der Waals surface area contributed by atoms with Crippen molar-refractivity contribution >= 4 is 12.0 Å². The van der Waals surface area contributed by atoms with Gasteiger partial charge in [0, 0.05) is 13.6 Å². The highest BCUT2D eigenvalue weighted by atomic mass is 16.6. The Bertz CT molecular complexity index is 270. The molecule has 15 heavy (non-hydrogen) atoms. The van der Waals surface area contributed by atoms with Crippen molar-refractivity contribution in [2.75, 3.05) is 13.6 Å². The second-order valence-corrected chi connectivity index (χ2v) is 4.69. The molecule has 0 bridgehead atoms. The number of nitrogens with zero attached hydrogens (tertiary/aromatic N) is 1. The van der Waals surface area contributed by atoms with E-state index in [1.165, 1.54) is 4.90 Å². The zero-order valence-electron chi connectivity index (χ0n) is 9.66. The predicted molar refractivity (Wildman–Crippen MR) is 55.4 cm³/mol. The number of ether oxygens (including phenoxy) is 1. The molecule has 0 aromatic heterocycles. The summed E-state index contributed by atoms with van der Waals surface area (Å²) in [5.41, 5.74) is -0.527. The Labute approximate surface area is 89.8 Å². The van der Waals surface area contributed by atoms with Gasteiger partial charge in [-0.05, 0) is 27.2 Å². The quantitative estimate of drug-likeness (QED) is 0.700. The average molecular weight is 214 g/mol. The first kappa shape index (κ1) is 11.8. The van der Waals surface area contributed by atoms with Crippen molar-refractivity contribution in [3.05, 3.63) is 0 Å². The fraction of sp³-hybridized carbons (Fsp3) is 0.800. The summed E-state index contributed by atoms with van der Waals surface area (Å²) < 4.78 is 5.17. The van der Waals surface area contributed by atoms with E-state index < -0.39 is 11.7 Å². The Morgan fingerprint density at radius 2 is 2.13 bits per heavy atom. The molecule has 1 saturated heterocycles. The topological polar surface area (TPSA) is 58.6 Å². The van der Waals surface area contributed by atoms with Gasteiger partial charge in [-0.3, -0.25) is 9.69 Å². The number of nitrogens with one attached hydrogen (secondary N) is 1. The van der Waals surface area contributed by atoms with Crippen molar-refractivity contribution in [1.29, 1.82) is 0 Å². The van der Waals surface area contributed by atoms with Crippen LogP contribution < -0.4 is 5.32 Å². The molecule has 0 aromatic carbocycles. The summed E-state index contributed by atoms with van der Waals surface area (Å²) >= 11 is 0. The van der Waals surface area contributed by atoms with E-state index in [9.17, 15) is 9.59 Å². The number of hydrogen-bond donors (Lipinski definition) is 1. The monoisotopic (exact) mass is 214 g/mol. The summed E-state index contributed by atoms with van der Waals surface area (Å²) in [6.07, 6.45) is 0.193. The first-order valence-electron chi connectivity index (χ1n) is 5.05. The molecule has 0 saturated carbocycles. The lowest BCUT2D eigenvalue weighted by Crippen LogP contribution is -2.44. The van der Waals surface area contributed by atoms with E-state index in [0.29, 0.717) is 13.0 Å². The standard InChI is InChI=1S/C10H18N2O3/c1-10(2,3)15-9(14)12(4)7-5-6-11-8(7)13/h7H,5-6H2,1-4H3,(H,11,13). The molecule has 1 heterocycles. The van der Waals surface area contributed by atoms with Crippen molar-refractivity contribution in [3.8, 4) is 0 Å². The Balaban J connectivity index is 2.56. The van der Waals surface area contributed by atoms with Crippen LogP contribution in [0.1, 0.15) is 27.2 Å². The zero-order valence-corrected chi connectivity index (χ0v) is 9.66. The Hall–Kier alpha value is -1.26. The lowest BCUT2D eigenvalue weighted by molar-refractivity contribution is -0.123. The highest BCUT2D eigenvalue weighted by Crippen LogP contribution is 2.13. The fourth-order valence-electron chi connectivity index (χ4n) is 1.41. The third kappa shape index (κ3) is 3.11. The van der Waals surface area contributed by atoms with Crippen LogP contribution in [0.2, 0.25) is 0 Å². The van der Waals surface area contributed by atoms with Gasteiger partial charge in [0.05, 0.1) is 0 Å². The summed E-state index contributed by atoms with van der Waals surface area (Å²) in [6.45, 7) is 6.02. The molecule has 5 nitrogen and oxygen atoms in total. The lowest BCUT2D eigenvalue weighted by Gasteiger charge is -2.27. The summed E-state index contributed by atoms with van der Waals surface area (Å²) in [6, 6.07) is -0.389. The second kappa shape index (κ2) is 4.08. The van der Waals surface area contributed by atoms with Gasteiger partial charge in [0.15, 0.2) is 0 Å². The Morgan fingerprint density at radius 1 is 1.53 bits per heavy atom. The van der Waals surface area contributed by atoms with Gasteiger partial charge in [-0.25, -0.2) is 4.79 Å². The van der Waals surface area contributed by atoms with Gasteiger partial charge >= 0.3 is 6.09 Å². The molecule has 1 unspecified atom stereocenters. The largest absolute Gasteiger partial charge is 0.444 e. The first-order valence-corrected chi connectivity index (χ1v) is 5.05. The molecule has 86 valence electrons. The number of hydrogen-bond acceptors (Lipinski definition) is 3. The zero-order chi connectivity index (χ0) is 11.6. The molecule has 1 aliphatic heterocycles. The molecule has 1 N–H and O–H groups in total. The smallest absolute Gasteiger partial charge is 0.410 e. The molecule has 0 spiro atoms. The summed E-state index contributed by atoms with van der Waals surface area (Å²) in [5, 5.41) is 2.68. The highest BCUT2D eigenvalue weighted by molar-refractivity contribution is 5.87. The molecule has 1 aliphatic rings.